The van der Waals surface area contributed by atoms with Crippen molar-refractivity contribution < 1.29 is 0 Å². The van der Waals surface area contributed by atoms with Crippen molar-refractivity contribution in [1.29, 1.82) is 0 Å². The van der Waals surface area contributed by atoms with Crippen molar-refractivity contribution in [3.63, 3.8) is 0 Å². The predicted octanol–water partition coefficient (Wildman–Crippen LogP) is 2.11. The van der Waals surface area contributed by atoms with Crippen molar-refractivity contribution in [2.45, 2.75) is 38.6 Å². The average molecular weight is 270 g/mol. The summed E-state index contributed by atoms with van der Waals surface area (Å²) >= 11 is 6.29. The van der Waals surface area contributed by atoms with Crippen LogP contribution in [0.3, 0.4) is 0 Å². The van der Waals surface area contributed by atoms with E-state index in [-0.39, 0.29) is 10.9 Å². The van der Waals surface area contributed by atoms with Gasteiger partial charge in [-0.3, -0.25) is 4.79 Å². The van der Waals surface area contributed by atoms with Crippen molar-refractivity contribution >= 4 is 17.4 Å². The number of piperidine rings is 1. The minimum atomic E-state index is -0.00207. The lowest BCUT2D eigenvalue weighted by Crippen LogP contribution is -2.44. The number of halogens is 1. The van der Waals surface area contributed by atoms with Gasteiger partial charge in [0.25, 0.3) is 5.56 Å². The van der Waals surface area contributed by atoms with Gasteiger partial charge >= 0.3 is 0 Å². The first-order valence-electron chi connectivity index (χ1n) is 6.58. The minimum Gasteiger partial charge on any atom is -0.351 e. The molecule has 0 radical (unpaired) electrons. The lowest BCUT2D eigenvalue weighted by Gasteiger charge is -2.34. The summed E-state index contributed by atoms with van der Waals surface area (Å²) in [5, 5.41) is 0.0970. The SMILES string of the molecule is CCCn1ccnc(N2CCC(C)C(Cl)C2)c1=O. The summed E-state index contributed by atoms with van der Waals surface area (Å²) in [6, 6.07) is 0. The van der Waals surface area contributed by atoms with Crippen LogP contribution in [0.5, 0.6) is 0 Å². The fourth-order valence-electron chi connectivity index (χ4n) is 2.28. The first-order valence-corrected chi connectivity index (χ1v) is 7.01. The summed E-state index contributed by atoms with van der Waals surface area (Å²) in [5.74, 6) is 1.05. The van der Waals surface area contributed by atoms with Crippen LogP contribution in [0, 0.1) is 5.92 Å². The van der Waals surface area contributed by atoms with E-state index >= 15 is 0 Å². The molecule has 0 saturated carbocycles. The second kappa shape index (κ2) is 5.74. The third kappa shape index (κ3) is 2.69. The van der Waals surface area contributed by atoms with Gasteiger partial charge in [0.1, 0.15) is 0 Å². The zero-order valence-corrected chi connectivity index (χ0v) is 11.7. The second-order valence-corrected chi connectivity index (χ2v) is 5.54. The van der Waals surface area contributed by atoms with Crippen LogP contribution in [-0.4, -0.2) is 28.0 Å². The molecule has 2 rings (SSSR count). The highest BCUT2D eigenvalue weighted by Crippen LogP contribution is 2.23. The molecule has 0 bridgehead atoms. The summed E-state index contributed by atoms with van der Waals surface area (Å²) in [6.07, 6.45) is 5.41. The Balaban J connectivity index is 2.23. The summed E-state index contributed by atoms with van der Waals surface area (Å²) in [7, 11) is 0. The van der Waals surface area contributed by atoms with Crippen LogP contribution in [0.2, 0.25) is 0 Å². The van der Waals surface area contributed by atoms with Gasteiger partial charge in [-0.1, -0.05) is 13.8 Å². The Morgan fingerprint density at radius 3 is 3.00 bits per heavy atom. The van der Waals surface area contributed by atoms with Gasteiger partial charge in [-0.25, -0.2) is 4.98 Å². The summed E-state index contributed by atoms with van der Waals surface area (Å²) < 4.78 is 1.73. The van der Waals surface area contributed by atoms with Crippen molar-refractivity contribution in [2.24, 2.45) is 5.92 Å². The molecule has 1 aliphatic rings. The van der Waals surface area contributed by atoms with Crippen LogP contribution < -0.4 is 10.5 Å². The van der Waals surface area contributed by atoms with Crippen LogP contribution >= 0.6 is 11.6 Å². The Morgan fingerprint density at radius 1 is 1.56 bits per heavy atom. The molecule has 2 atom stereocenters. The van der Waals surface area contributed by atoms with E-state index in [0.717, 1.165) is 25.9 Å². The average Bonchev–Trinajstić information content (AvgIpc) is 2.36. The number of aromatic nitrogens is 2. The molecule has 0 spiro atoms. The molecule has 4 nitrogen and oxygen atoms in total. The molecule has 2 heterocycles. The molecule has 18 heavy (non-hydrogen) atoms. The Labute approximate surface area is 113 Å². The lowest BCUT2D eigenvalue weighted by atomic mass is 9.99. The fourth-order valence-corrected chi connectivity index (χ4v) is 2.58. The monoisotopic (exact) mass is 269 g/mol. The Morgan fingerprint density at radius 2 is 2.33 bits per heavy atom. The topological polar surface area (TPSA) is 38.1 Å². The summed E-state index contributed by atoms with van der Waals surface area (Å²) in [4.78, 5) is 18.5. The van der Waals surface area contributed by atoms with E-state index in [1.807, 2.05) is 4.90 Å². The van der Waals surface area contributed by atoms with Gasteiger partial charge in [-0.2, -0.15) is 0 Å². The van der Waals surface area contributed by atoms with Gasteiger partial charge in [0, 0.05) is 32.0 Å². The maximum atomic E-state index is 12.3. The van der Waals surface area contributed by atoms with E-state index in [4.69, 9.17) is 11.6 Å². The molecule has 5 heteroatoms. The zero-order chi connectivity index (χ0) is 13.1. The van der Waals surface area contributed by atoms with Gasteiger partial charge in [-0.15, -0.1) is 11.6 Å². The van der Waals surface area contributed by atoms with Crippen LogP contribution in [0.15, 0.2) is 17.2 Å². The molecule has 1 aliphatic heterocycles. The molecular weight excluding hydrogens is 250 g/mol. The van der Waals surface area contributed by atoms with Gasteiger partial charge in [0.15, 0.2) is 5.82 Å². The lowest BCUT2D eigenvalue weighted by molar-refractivity contribution is 0.442. The van der Waals surface area contributed by atoms with E-state index in [2.05, 4.69) is 18.8 Å². The number of hydrogen-bond donors (Lipinski definition) is 0. The maximum Gasteiger partial charge on any atom is 0.293 e. The fraction of sp³-hybridized carbons (Fsp3) is 0.692. The van der Waals surface area contributed by atoms with Crippen molar-refractivity contribution in [1.82, 2.24) is 9.55 Å². The quantitative estimate of drug-likeness (QED) is 0.789. The van der Waals surface area contributed by atoms with Crippen LogP contribution in [0.4, 0.5) is 5.82 Å². The number of aryl methyl sites for hydroxylation is 1. The van der Waals surface area contributed by atoms with Crippen LogP contribution in [0.25, 0.3) is 0 Å². The van der Waals surface area contributed by atoms with Crippen molar-refractivity contribution in [3.05, 3.63) is 22.7 Å². The number of anilines is 1. The molecule has 0 amide bonds. The second-order valence-electron chi connectivity index (χ2n) is 4.98. The van der Waals surface area contributed by atoms with Crippen LogP contribution in [0.1, 0.15) is 26.7 Å². The molecule has 0 aromatic carbocycles. The molecule has 1 saturated heterocycles. The normalized spacial score (nSPS) is 24.3. The molecule has 2 unspecified atom stereocenters. The van der Waals surface area contributed by atoms with Gasteiger partial charge in [0.05, 0.1) is 5.38 Å². The molecule has 0 aliphatic carbocycles. The molecule has 1 fully saturated rings. The molecular formula is C13H20ClN3O. The number of hydrogen-bond acceptors (Lipinski definition) is 3. The third-order valence-electron chi connectivity index (χ3n) is 3.53. The largest absolute Gasteiger partial charge is 0.351 e. The van der Waals surface area contributed by atoms with E-state index < -0.39 is 0 Å². The Kier molecular flexibility index (Phi) is 4.27. The third-order valence-corrected chi connectivity index (χ3v) is 4.09. The van der Waals surface area contributed by atoms with Gasteiger partial charge in [0.2, 0.25) is 0 Å². The van der Waals surface area contributed by atoms with E-state index in [1.54, 1.807) is 17.0 Å². The van der Waals surface area contributed by atoms with Crippen LogP contribution in [-0.2, 0) is 6.54 Å². The highest BCUT2D eigenvalue weighted by molar-refractivity contribution is 6.21. The minimum absolute atomic E-state index is 0.00207. The van der Waals surface area contributed by atoms with Crippen molar-refractivity contribution in [2.75, 3.05) is 18.0 Å². The number of alkyl halides is 1. The summed E-state index contributed by atoms with van der Waals surface area (Å²) in [5.41, 5.74) is -0.00207. The number of rotatable bonds is 3. The van der Waals surface area contributed by atoms with Crippen molar-refractivity contribution in [3.8, 4) is 0 Å². The van der Waals surface area contributed by atoms with E-state index in [1.165, 1.54) is 0 Å². The Bertz CT molecular complexity index is 460. The van der Waals surface area contributed by atoms with E-state index in [9.17, 15) is 4.79 Å². The predicted molar refractivity (Wildman–Crippen MR) is 74.4 cm³/mol. The first kappa shape index (κ1) is 13.4. The highest BCUT2D eigenvalue weighted by atomic mass is 35.5. The molecule has 1 aromatic heterocycles. The smallest absolute Gasteiger partial charge is 0.293 e. The summed E-state index contributed by atoms with van der Waals surface area (Å²) in [6.45, 7) is 6.53. The standard InChI is InChI=1S/C13H20ClN3O/c1-3-6-16-8-5-15-12(13(16)18)17-7-4-10(2)11(14)9-17/h5,8,10-11H,3-4,6-7,9H2,1-2H3. The molecule has 100 valence electrons. The Hall–Kier alpha value is -1.03. The maximum absolute atomic E-state index is 12.3. The molecule has 1 aromatic rings. The van der Waals surface area contributed by atoms with Gasteiger partial charge < -0.3 is 9.47 Å². The van der Waals surface area contributed by atoms with Gasteiger partial charge in [-0.05, 0) is 18.8 Å². The van der Waals surface area contributed by atoms with E-state index in [0.29, 0.717) is 18.3 Å². The first-order chi connectivity index (χ1) is 8.63. The zero-order valence-electron chi connectivity index (χ0n) is 11.0. The molecule has 0 N–H and O–H groups in total. The highest BCUT2D eigenvalue weighted by Gasteiger charge is 2.26. The number of nitrogens with zero attached hydrogens (tertiary/aromatic N) is 3.